The largest absolute Gasteiger partial charge is 0.385 e. The molecule has 20 heavy (non-hydrogen) atoms. The second-order valence-corrected chi connectivity index (χ2v) is 5.01. The molecule has 0 bridgehead atoms. The van der Waals surface area contributed by atoms with Gasteiger partial charge in [0.2, 0.25) is 5.91 Å². The first kappa shape index (κ1) is 16.5. The fraction of sp³-hybridized carbons (Fsp3) is 0.417. The van der Waals surface area contributed by atoms with Gasteiger partial charge in [0, 0.05) is 25.5 Å². The molecular weight excluding hydrogens is 330 g/mol. The molecule has 0 heterocycles. The van der Waals surface area contributed by atoms with Crippen LogP contribution in [0.15, 0.2) is 22.7 Å². The maximum absolute atomic E-state index is 11.8. The molecule has 3 N–H and O–H groups in total. The summed E-state index contributed by atoms with van der Waals surface area (Å²) in [6, 6.07) is 3.61. The van der Waals surface area contributed by atoms with Gasteiger partial charge in [-0.05, 0) is 40.9 Å². The molecule has 0 radical (unpaired) electrons. The Morgan fingerprint density at radius 1 is 1.60 bits per heavy atom. The van der Waals surface area contributed by atoms with Gasteiger partial charge in [0.05, 0.1) is 15.4 Å². The lowest BCUT2D eigenvalue weighted by Crippen LogP contribution is -2.35. The molecule has 1 unspecified atom stereocenters. The van der Waals surface area contributed by atoms with Gasteiger partial charge in [-0.1, -0.05) is 0 Å². The number of nitrogens with zero attached hydrogens (tertiary/aromatic N) is 1. The van der Waals surface area contributed by atoms with E-state index in [1.807, 2.05) is 0 Å². The molecule has 1 aromatic rings. The minimum Gasteiger partial charge on any atom is -0.385 e. The average Bonchev–Trinajstić information content (AvgIpc) is 2.38. The number of methoxy groups -OCH3 is 1. The lowest BCUT2D eigenvalue weighted by atomic mass is 10.1. The van der Waals surface area contributed by atoms with Gasteiger partial charge >= 0.3 is 0 Å². The van der Waals surface area contributed by atoms with Gasteiger partial charge in [-0.25, -0.2) is 0 Å². The summed E-state index contributed by atoms with van der Waals surface area (Å²) in [5.74, 6) is -0.332. The van der Waals surface area contributed by atoms with Crippen LogP contribution < -0.4 is 11.1 Å². The Hall–Kier alpha value is -1.51. The van der Waals surface area contributed by atoms with Crippen LogP contribution in [-0.4, -0.2) is 30.6 Å². The Balaban J connectivity index is 2.62. The van der Waals surface area contributed by atoms with Crippen molar-refractivity contribution >= 4 is 33.2 Å². The topological polar surface area (TPSA) is 107 Å². The Morgan fingerprint density at radius 3 is 2.85 bits per heavy atom. The van der Waals surface area contributed by atoms with Crippen molar-refractivity contribution in [3.05, 3.63) is 32.8 Å². The Labute approximate surface area is 124 Å². The van der Waals surface area contributed by atoms with Crippen molar-refractivity contribution in [3.8, 4) is 0 Å². The molecule has 7 nitrogen and oxygen atoms in total. The number of carbonyl (C=O) groups excluding carboxylic acids is 1. The summed E-state index contributed by atoms with van der Waals surface area (Å²) in [6.45, 7) is 0.546. The van der Waals surface area contributed by atoms with Gasteiger partial charge in [-0.2, -0.15) is 0 Å². The second-order valence-electron chi connectivity index (χ2n) is 4.15. The van der Waals surface area contributed by atoms with Crippen molar-refractivity contribution < 1.29 is 14.5 Å². The number of nitrogens with two attached hydrogens (primary N) is 1. The number of nitro benzene ring substituents is 1. The van der Waals surface area contributed by atoms with E-state index in [1.165, 1.54) is 18.2 Å². The number of hydrogen-bond acceptors (Lipinski definition) is 5. The third-order valence-electron chi connectivity index (χ3n) is 2.61. The van der Waals surface area contributed by atoms with Crippen LogP contribution in [0.2, 0.25) is 0 Å². The third-order valence-corrected chi connectivity index (χ3v) is 3.25. The minimum absolute atomic E-state index is 0.0626. The summed E-state index contributed by atoms with van der Waals surface area (Å²) in [5, 5.41) is 13.3. The van der Waals surface area contributed by atoms with Crippen molar-refractivity contribution in [2.75, 3.05) is 19.0 Å². The lowest BCUT2D eigenvalue weighted by molar-refractivity contribution is -0.385. The number of nitro groups is 1. The van der Waals surface area contributed by atoms with E-state index >= 15 is 0 Å². The highest BCUT2D eigenvalue weighted by Gasteiger charge is 2.16. The van der Waals surface area contributed by atoms with E-state index in [0.717, 1.165) is 0 Å². The number of carbonyl (C=O) groups is 1. The van der Waals surface area contributed by atoms with E-state index in [0.29, 0.717) is 29.6 Å². The first-order chi connectivity index (χ1) is 9.45. The highest BCUT2D eigenvalue weighted by Crippen LogP contribution is 2.27. The number of anilines is 1. The number of halogens is 1. The van der Waals surface area contributed by atoms with Crippen molar-refractivity contribution in [1.29, 1.82) is 0 Å². The molecule has 0 spiro atoms. The Morgan fingerprint density at radius 2 is 2.30 bits per heavy atom. The smallest absolute Gasteiger partial charge is 0.283 e. The second kappa shape index (κ2) is 7.93. The van der Waals surface area contributed by atoms with Gasteiger partial charge in [0.1, 0.15) is 0 Å². The summed E-state index contributed by atoms with van der Waals surface area (Å²) in [7, 11) is 1.58. The van der Waals surface area contributed by atoms with Gasteiger partial charge in [-0.3, -0.25) is 14.9 Å². The van der Waals surface area contributed by atoms with Crippen LogP contribution in [0.25, 0.3) is 0 Å². The highest BCUT2D eigenvalue weighted by atomic mass is 79.9. The number of rotatable bonds is 7. The monoisotopic (exact) mass is 345 g/mol. The fourth-order valence-electron chi connectivity index (χ4n) is 1.55. The molecule has 0 aliphatic rings. The quantitative estimate of drug-likeness (QED) is 0.446. The van der Waals surface area contributed by atoms with Crippen molar-refractivity contribution in [2.24, 2.45) is 5.73 Å². The zero-order valence-electron chi connectivity index (χ0n) is 11.0. The van der Waals surface area contributed by atoms with E-state index in [-0.39, 0.29) is 11.6 Å². The molecule has 0 saturated heterocycles. The lowest BCUT2D eigenvalue weighted by Gasteiger charge is -2.12. The number of ether oxygens (including phenoxy) is 1. The maximum atomic E-state index is 11.8. The Kier molecular flexibility index (Phi) is 6.56. The predicted molar refractivity (Wildman–Crippen MR) is 78.5 cm³/mol. The van der Waals surface area contributed by atoms with Crippen LogP contribution in [0.4, 0.5) is 11.4 Å². The van der Waals surface area contributed by atoms with Gasteiger partial charge < -0.3 is 15.8 Å². The van der Waals surface area contributed by atoms with Gasteiger partial charge in [-0.15, -0.1) is 0 Å². The normalized spacial score (nSPS) is 11.9. The number of nitrogens with one attached hydrogen (secondary N) is 1. The fourth-order valence-corrected chi connectivity index (χ4v) is 2.07. The average molecular weight is 346 g/mol. The summed E-state index contributed by atoms with van der Waals surface area (Å²) < 4.78 is 5.18. The molecule has 110 valence electrons. The molecule has 0 aromatic heterocycles. The van der Waals surface area contributed by atoms with Crippen LogP contribution in [0.3, 0.4) is 0 Å². The van der Waals surface area contributed by atoms with Crippen molar-refractivity contribution in [1.82, 2.24) is 0 Å². The molecule has 1 aromatic carbocycles. The molecule has 0 aliphatic carbocycles. The number of amides is 1. The molecule has 0 fully saturated rings. The van der Waals surface area contributed by atoms with Crippen molar-refractivity contribution in [2.45, 2.75) is 18.9 Å². The molecule has 1 amide bonds. The van der Waals surface area contributed by atoms with E-state index in [2.05, 4.69) is 21.2 Å². The summed E-state index contributed by atoms with van der Waals surface area (Å²) >= 11 is 3.09. The predicted octanol–water partition coefficient (Wildman–Crippen LogP) is 2.05. The number of hydrogen-bond donors (Lipinski definition) is 2. The van der Waals surface area contributed by atoms with Gasteiger partial charge in [0.15, 0.2) is 0 Å². The van der Waals surface area contributed by atoms with E-state index in [4.69, 9.17) is 10.5 Å². The summed E-state index contributed by atoms with van der Waals surface area (Å²) in [5.41, 5.74) is 6.13. The van der Waals surface area contributed by atoms with Gasteiger partial charge in [0.25, 0.3) is 5.69 Å². The maximum Gasteiger partial charge on any atom is 0.283 e. The molecule has 8 heteroatoms. The van der Waals surface area contributed by atoms with Crippen LogP contribution >= 0.6 is 15.9 Å². The molecular formula is C12H16BrN3O4. The number of benzene rings is 1. The molecule has 1 atom stereocenters. The third kappa shape index (κ3) is 4.87. The zero-order chi connectivity index (χ0) is 15.1. The molecule has 0 saturated carbocycles. The standard InChI is InChI=1S/C12H16BrN3O4/c1-20-6-2-3-10(14)12(17)15-8-4-5-11(16(18)19)9(13)7-8/h4-5,7,10H,2-3,6,14H2,1H3,(H,15,17). The van der Waals surface area contributed by atoms with Crippen molar-refractivity contribution in [3.63, 3.8) is 0 Å². The zero-order valence-corrected chi connectivity index (χ0v) is 12.6. The SMILES string of the molecule is COCCCC(N)C(=O)Nc1ccc([N+](=O)[O-])c(Br)c1. The summed E-state index contributed by atoms with van der Waals surface area (Å²) in [6.07, 6.45) is 1.20. The summed E-state index contributed by atoms with van der Waals surface area (Å²) in [4.78, 5) is 22.0. The van der Waals surface area contributed by atoms with Crippen LogP contribution in [0.1, 0.15) is 12.8 Å². The first-order valence-corrected chi connectivity index (χ1v) is 6.74. The van der Waals surface area contributed by atoms with Crippen LogP contribution in [0.5, 0.6) is 0 Å². The van der Waals surface area contributed by atoms with E-state index in [9.17, 15) is 14.9 Å². The van der Waals surface area contributed by atoms with Crippen LogP contribution in [0, 0.1) is 10.1 Å². The highest BCUT2D eigenvalue weighted by molar-refractivity contribution is 9.10. The van der Waals surface area contributed by atoms with E-state index in [1.54, 1.807) is 7.11 Å². The minimum atomic E-state index is -0.640. The van der Waals surface area contributed by atoms with Crippen LogP contribution in [-0.2, 0) is 9.53 Å². The Bertz CT molecular complexity index is 496. The van der Waals surface area contributed by atoms with E-state index < -0.39 is 11.0 Å². The first-order valence-electron chi connectivity index (χ1n) is 5.95. The molecule has 1 rings (SSSR count). The molecule has 0 aliphatic heterocycles.